The van der Waals surface area contributed by atoms with Crippen LogP contribution in [0.25, 0.3) is 0 Å². The molecule has 2 atom stereocenters. The van der Waals surface area contributed by atoms with Gasteiger partial charge in [0.15, 0.2) is 0 Å². The number of rotatable bonds is 7. The molecule has 0 fully saturated rings. The zero-order valence-corrected chi connectivity index (χ0v) is 11.3. The minimum Gasteiger partial charge on any atom is -0.330 e. The zero-order chi connectivity index (χ0) is 12.0. The third-order valence-electron chi connectivity index (χ3n) is 3.28. The third kappa shape index (κ3) is 3.54. The maximum Gasteiger partial charge on any atom is 0.109 e. The number of nitrogens with one attached hydrogen (secondary N) is 1. The predicted molar refractivity (Wildman–Crippen MR) is 70.6 cm³/mol. The summed E-state index contributed by atoms with van der Waals surface area (Å²) in [7, 11) is 0. The lowest BCUT2D eigenvalue weighted by molar-refractivity contribution is 0.285. The zero-order valence-electron chi connectivity index (χ0n) is 10.5. The van der Waals surface area contributed by atoms with Crippen molar-refractivity contribution < 1.29 is 0 Å². The van der Waals surface area contributed by atoms with Gasteiger partial charge in [-0.25, -0.2) is 4.98 Å². The smallest absolute Gasteiger partial charge is 0.109 e. The van der Waals surface area contributed by atoms with Gasteiger partial charge in [0.1, 0.15) is 5.01 Å². The van der Waals surface area contributed by atoms with E-state index in [9.17, 15) is 0 Å². The van der Waals surface area contributed by atoms with Gasteiger partial charge in [-0.05, 0) is 24.8 Å². The van der Waals surface area contributed by atoms with Crippen LogP contribution in [-0.4, -0.2) is 18.1 Å². The Morgan fingerprint density at radius 1 is 1.56 bits per heavy atom. The minimum atomic E-state index is 0.199. The fourth-order valence-electron chi connectivity index (χ4n) is 1.52. The van der Waals surface area contributed by atoms with E-state index in [2.05, 4.69) is 31.1 Å². The van der Waals surface area contributed by atoms with E-state index in [1.807, 2.05) is 11.6 Å². The second-order valence-electron chi connectivity index (χ2n) is 4.58. The first kappa shape index (κ1) is 13.6. The molecule has 3 nitrogen and oxygen atoms in total. The van der Waals surface area contributed by atoms with Gasteiger partial charge in [-0.1, -0.05) is 20.8 Å². The SMILES string of the molecule is CCC(NCC(C)(CC)CN)c1nccs1. The van der Waals surface area contributed by atoms with E-state index in [0.29, 0.717) is 6.04 Å². The maximum absolute atomic E-state index is 5.81. The Morgan fingerprint density at radius 2 is 2.31 bits per heavy atom. The highest BCUT2D eigenvalue weighted by molar-refractivity contribution is 7.09. The number of nitrogens with two attached hydrogens (primary N) is 1. The van der Waals surface area contributed by atoms with Crippen molar-refractivity contribution in [1.82, 2.24) is 10.3 Å². The van der Waals surface area contributed by atoms with Gasteiger partial charge in [0.05, 0.1) is 6.04 Å². The van der Waals surface area contributed by atoms with Gasteiger partial charge in [0, 0.05) is 18.1 Å². The summed E-state index contributed by atoms with van der Waals surface area (Å²) in [6.07, 6.45) is 4.04. The molecule has 0 aliphatic rings. The van der Waals surface area contributed by atoms with Crippen molar-refractivity contribution in [3.8, 4) is 0 Å². The highest BCUT2D eigenvalue weighted by Gasteiger charge is 2.22. The Bertz CT molecular complexity index is 280. The Hall–Kier alpha value is -0.450. The molecule has 0 aliphatic heterocycles. The second kappa shape index (κ2) is 6.33. The third-order valence-corrected chi connectivity index (χ3v) is 4.17. The highest BCUT2D eigenvalue weighted by atomic mass is 32.1. The number of hydrogen-bond donors (Lipinski definition) is 2. The van der Waals surface area contributed by atoms with Crippen LogP contribution in [0.5, 0.6) is 0 Å². The van der Waals surface area contributed by atoms with E-state index in [1.54, 1.807) is 11.3 Å². The molecule has 0 spiro atoms. The summed E-state index contributed by atoms with van der Waals surface area (Å²) >= 11 is 1.72. The Labute approximate surface area is 102 Å². The summed E-state index contributed by atoms with van der Waals surface area (Å²) in [6.45, 7) is 8.29. The van der Waals surface area contributed by atoms with E-state index in [0.717, 1.165) is 25.9 Å². The van der Waals surface area contributed by atoms with Crippen LogP contribution < -0.4 is 11.1 Å². The number of nitrogens with zero attached hydrogens (tertiary/aromatic N) is 1. The average molecular weight is 241 g/mol. The molecule has 1 heterocycles. The van der Waals surface area contributed by atoms with Crippen molar-refractivity contribution >= 4 is 11.3 Å². The van der Waals surface area contributed by atoms with Crippen LogP contribution in [0.2, 0.25) is 0 Å². The van der Waals surface area contributed by atoms with Crippen LogP contribution in [-0.2, 0) is 0 Å². The molecule has 0 radical (unpaired) electrons. The van der Waals surface area contributed by atoms with Crippen molar-refractivity contribution in [1.29, 1.82) is 0 Å². The summed E-state index contributed by atoms with van der Waals surface area (Å²) in [5.74, 6) is 0. The molecular weight excluding hydrogens is 218 g/mol. The van der Waals surface area contributed by atoms with Crippen LogP contribution >= 0.6 is 11.3 Å². The van der Waals surface area contributed by atoms with Gasteiger partial charge in [-0.2, -0.15) is 0 Å². The standard InChI is InChI=1S/C12H23N3S/c1-4-10(11-14-6-7-16-11)15-9-12(3,5-2)8-13/h6-7,10,15H,4-5,8-9,13H2,1-3H3. The molecular formula is C12H23N3S. The summed E-state index contributed by atoms with van der Waals surface area (Å²) in [5.41, 5.74) is 6.01. The molecule has 0 amide bonds. The normalized spacial score (nSPS) is 17.0. The molecule has 1 rings (SSSR count). The molecule has 0 saturated carbocycles. The van der Waals surface area contributed by atoms with Crippen molar-refractivity contribution in [3.05, 3.63) is 16.6 Å². The molecule has 2 unspecified atom stereocenters. The first-order valence-corrected chi connectivity index (χ1v) is 6.86. The fourth-order valence-corrected chi connectivity index (χ4v) is 2.32. The Balaban J connectivity index is 2.52. The van der Waals surface area contributed by atoms with Gasteiger partial charge in [-0.3, -0.25) is 0 Å². The second-order valence-corrected chi connectivity index (χ2v) is 5.51. The van der Waals surface area contributed by atoms with Crippen LogP contribution in [0.1, 0.15) is 44.7 Å². The molecule has 1 aromatic rings. The van der Waals surface area contributed by atoms with Crippen molar-refractivity contribution in [2.24, 2.45) is 11.1 Å². The largest absolute Gasteiger partial charge is 0.330 e. The number of thiazole rings is 1. The predicted octanol–water partition coefficient (Wildman–Crippen LogP) is 2.56. The van der Waals surface area contributed by atoms with Gasteiger partial charge in [-0.15, -0.1) is 11.3 Å². The molecule has 92 valence electrons. The first-order chi connectivity index (χ1) is 7.65. The Morgan fingerprint density at radius 3 is 2.75 bits per heavy atom. The van der Waals surface area contributed by atoms with E-state index >= 15 is 0 Å². The molecule has 1 aromatic heterocycles. The van der Waals surface area contributed by atoms with Gasteiger partial charge < -0.3 is 11.1 Å². The summed E-state index contributed by atoms with van der Waals surface area (Å²) in [6, 6.07) is 0.373. The summed E-state index contributed by atoms with van der Waals surface area (Å²) in [5, 5.41) is 6.79. The van der Waals surface area contributed by atoms with Gasteiger partial charge >= 0.3 is 0 Å². The van der Waals surface area contributed by atoms with Gasteiger partial charge in [0.2, 0.25) is 0 Å². The molecule has 3 N–H and O–H groups in total. The summed E-state index contributed by atoms with van der Waals surface area (Å²) in [4.78, 5) is 4.36. The monoisotopic (exact) mass is 241 g/mol. The number of hydrogen-bond acceptors (Lipinski definition) is 4. The van der Waals surface area contributed by atoms with Crippen LogP contribution in [0.3, 0.4) is 0 Å². The maximum atomic E-state index is 5.81. The summed E-state index contributed by atoms with van der Waals surface area (Å²) < 4.78 is 0. The highest BCUT2D eigenvalue weighted by Crippen LogP contribution is 2.23. The van der Waals surface area contributed by atoms with E-state index in [1.165, 1.54) is 5.01 Å². The lowest BCUT2D eigenvalue weighted by Gasteiger charge is -2.29. The fraction of sp³-hybridized carbons (Fsp3) is 0.750. The topological polar surface area (TPSA) is 50.9 Å². The van der Waals surface area contributed by atoms with Crippen LogP contribution in [0.15, 0.2) is 11.6 Å². The van der Waals surface area contributed by atoms with E-state index in [-0.39, 0.29) is 5.41 Å². The van der Waals surface area contributed by atoms with Crippen molar-refractivity contribution in [3.63, 3.8) is 0 Å². The molecule has 4 heteroatoms. The van der Waals surface area contributed by atoms with Crippen molar-refractivity contribution in [2.75, 3.05) is 13.1 Å². The molecule has 0 aromatic carbocycles. The Kier molecular flexibility index (Phi) is 5.38. The lowest BCUT2D eigenvalue weighted by Crippen LogP contribution is -2.38. The van der Waals surface area contributed by atoms with Gasteiger partial charge in [0.25, 0.3) is 0 Å². The van der Waals surface area contributed by atoms with Crippen LogP contribution in [0, 0.1) is 5.41 Å². The molecule has 0 aliphatic carbocycles. The van der Waals surface area contributed by atoms with Crippen molar-refractivity contribution in [2.45, 2.75) is 39.7 Å². The average Bonchev–Trinajstić information content (AvgIpc) is 2.83. The molecule has 0 bridgehead atoms. The molecule has 0 saturated heterocycles. The quantitative estimate of drug-likeness (QED) is 0.771. The minimum absolute atomic E-state index is 0.199. The first-order valence-electron chi connectivity index (χ1n) is 5.98. The van der Waals surface area contributed by atoms with Crippen LogP contribution in [0.4, 0.5) is 0 Å². The molecule has 16 heavy (non-hydrogen) atoms. The lowest BCUT2D eigenvalue weighted by atomic mass is 9.87. The van der Waals surface area contributed by atoms with E-state index in [4.69, 9.17) is 5.73 Å². The number of aromatic nitrogens is 1. The van der Waals surface area contributed by atoms with E-state index < -0.39 is 0 Å².